The van der Waals surface area contributed by atoms with Crippen molar-refractivity contribution >= 4 is 34.8 Å². The Morgan fingerprint density at radius 2 is 2.00 bits per heavy atom. The van der Waals surface area contributed by atoms with Crippen LogP contribution in [0.25, 0.3) is 0 Å². The molecule has 0 saturated heterocycles. The highest BCUT2D eigenvalue weighted by Gasteiger charge is 2.31. The fraction of sp³-hybridized carbons (Fsp3) is 0.500. The zero-order valence-electron chi connectivity index (χ0n) is 10.4. The van der Waals surface area contributed by atoms with E-state index in [2.05, 4.69) is 12.2 Å². The molecule has 18 heavy (non-hydrogen) atoms. The van der Waals surface area contributed by atoms with Crippen molar-refractivity contribution in [2.75, 3.05) is 5.32 Å². The van der Waals surface area contributed by atoms with Crippen LogP contribution in [0, 0.1) is 0 Å². The number of amides is 1. The molecule has 1 aromatic rings. The molecule has 1 aliphatic rings. The molecule has 0 aliphatic carbocycles. The van der Waals surface area contributed by atoms with Crippen molar-refractivity contribution in [2.24, 2.45) is 0 Å². The third-order valence-corrected chi connectivity index (χ3v) is 3.89. The Bertz CT molecular complexity index is 459. The van der Waals surface area contributed by atoms with Crippen LogP contribution in [0.1, 0.15) is 50.5 Å². The molecule has 0 fully saturated rings. The normalized spacial score (nSPS) is 17.7. The maximum Gasteiger partial charge on any atom is 0.232 e. The Labute approximate surface area is 118 Å². The summed E-state index contributed by atoms with van der Waals surface area (Å²) in [7, 11) is 0. The second kappa shape index (κ2) is 5.94. The van der Waals surface area contributed by atoms with E-state index in [-0.39, 0.29) is 11.8 Å². The van der Waals surface area contributed by atoms with Crippen LogP contribution in [0.5, 0.6) is 0 Å². The molecule has 2 nitrogen and oxygen atoms in total. The second-order valence-corrected chi connectivity index (χ2v) is 5.59. The predicted molar refractivity (Wildman–Crippen MR) is 76.6 cm³/mol. The van der Waals surface area contributed by atoms with Crippen molar-refractivity contribution in [1.82, 2.24) is 0 Å². The van der Waals surface area contributed by atoms with E-state index in [4.69, 9.17) is 23.2 Å². The summed E-state index contributed by atoms with van der Waals surface area (Å²) in [6.45, 7) is 2.18. The van der Waals surface area contributed by atoms with Gasteiger partial charge in [-0.3, -0.25) is 4.79 Å². The van der Waals surface area contributed by atoms with Crippen LogP contribution < -0.4 is 5.32 Å². The molecule has 0 radical (unpaired) electrons. The summed E-state index contributed by atoms with van der Waals surface area (Å²) in [5.41, 5.74) is 1.69. The smallest absolute Gasteiger partial charge is 0.232 e. The van der Waals surface area contributed by atoms with Crippen LogP contribution in [0.15, 0.2) is 12.1 Å². The van der Waals surface area contributed by atoms with Gasteiger partial charge < -0.3 is 5.32 Å². The van der Waals surface area contributed by atoms with Crippen LogP contribution in [0.3, 0.4) is 0 Å². The molecule has 1 amide bonds. The standard InChI is InChI=1S/C14H17Cl2NO/c1-2-3-4-5-6-10-11-7-9(15)8-12(16)13(11)17-14(10)18/h7-8,10H,2-6H2,1H3,(H,17,18). The zero-order chi connectivity index (χ0) is 13.1. The Hall–Kier alpha value is -0.730. The number of fused-ring (bicyclic) bond motifs is 1. The van der Waals surface area contributed by atoms with Crippen molar-refractivity contribution in [3.8, 4) is 0 Å². The van der Waals surface area contributed by atoms with Gasteiger partial charge in [0, 0.05) is 5.02 Å². The molecular weight excluding hydrogens is 269 g/mol. The Kier molecular flexibility index (Phi) is 4.52. The summed E-state index contributed by atoms with van der Waals surface area (Å²) >= 11 is 12.1. The van der Waals surface area contributed by atoms with Crippen molar-refractivity contribution in [3.05, 3.63) is 27.7 Å². The minimum atomic E-state index is -0.0898. The third-order valence-electron chi connectivity index (χ3n) is 3.37. The van der Waals surface area contributed by atoms with Crippen LogP contribution in [-0.2, 0) is 4.79 Å². The lowest BCUT2D eigenvalue weighted by atomic mass is 9.94. The summed E-state index contributed by atoms with van der Waals surface area (Å²) in [4.78, 5) is 11.9. The van der Waals surface area contributed by atoms with Crippen LogP contribution >= 0.6 is 23.2 Å². The van der Waals surface area contributed by atoms with Gasteiger partial charge in [0.2, 0.25) is 5.91 Å². The largest absolute Gasteiger partial charge is 0.324 e. The Morgan fingerprint density at radius 3 is 2.72 bits per heavy atom. The quantitative estimate of drug-likeness (QED) is 0.758. The SMILES string of the molecule is CCCCCCC1C(=O)Nc2c(Cl)cc(Cl)cc21. The highest BCUT2D eigenvalue weighted by Crippen LogP contribution is 2.41. The first kappa shape index (κ1) is 13.7. The highest BCUT2D eigenvalue weighted by molar-refractivity contribution is 6.37. The van der Waals surface area contributed by atoms with E-state index < -0.39 is 0 Å². The number of anilines is 1. The number of rotatable bonds is 5. The maximum atomic E-state index is 11.9. The van der Waals surface area contributed by atoms with Gasteiger partial charge in [0.15, 0.2) is 0 Å². The first-order valence-electron chi connectivity index (χ1n) is 6.43. The lowest BCUT2D eigenvalue weighted by Gasteiger charge is -2.09. The van der Waals surface area contributed by atoms with Gasteiger partial charge in [0.1, 0.15) is 0 Å². The number of carbonyl (C=O) groups excluding carboxylic acids is 1. The number of hydrogen-bond donors (Lipinski definition) is 1. The summed E-state index contributed by atoms with van der Waals surface area (Å²) in [6, 6.07) is 3.52. The van der Waals surface area contributed by atoms with E-state index >= 15 is 0 Å². The molecule has 0 saturated carbocycles. The fourth-order valence-electron chi connectivity index (χ4n) is 2.41. The van der Waals surface area contributed by atoms with Gasteiger partial charge in [-0.1, -0.05) is 55.8 Å². The lowest BCUT2D eigenvalue weighted by molar-refractivity contribution is -0.117. The van der Waals surface area contributed by atoms with E-state index in [1.807, 2.05) is 6.07 Å². The lowest BCUT2D eigenvalue weighted by Crippen LogP contribution is -2.11. The molecule has 0 aromatic heterocycles. The molecule has 0 spiro atoms. The molecule has 98 valence electrons. The number of unbranched alkanes of at least 4 members (excludes halogenated alkanes) is 3. The van der Waals surface area contributed by atoms with Gasteiger partial charge in [0.25, 0.3) is 0 Å². The minimum absolute atomic E-state index is 0.0469. The topological polar surface area (TPSA) is 29.1 Å². The first-order valence-corrected chi connectivity index (χ1v) is 7.19. The van der Waals surface area contributed by atoms with E-state index in [1.54, 1.807) is 6.07 Å². The van der Waals surface area contributed by atoms with Crippen molar-refractivity contribution in [3.63, 3.8) is 0 Å². The number of halogens is 2. The summed E-state index contributed by atoms with van der Waals surface area (Å²) in [5, 5.41) is 3.98. The van der Waals surface area contributed by atoms with Crippen LogP contribution in [-0.4, -0.2) is 5.91 Å². The maximum absolute atomic E-state index is 11.9. The van der Waals surface area contributed by atoms with E-state index in [9.17, 15) is 4.79 Å². The fourth-order valence-corrected chi connectivity index (χ4v) is 2.97. The van der Waals surface area contributed by atoms with Gasteiger partial charge in [-0.15, -0.1) is 0 Å². The van der Waals surface area contributed by atoms with Gasteiger partial charge in [-0.2, -0.15) is 0 Å². The van der Waals surface area contributed by atoms with Crippen molar-refractivity contribution in [1.29, 1.82) is 0 Å². The number of carbonyl (C=O) groups is 1. The average molecular weight is 286 g/mol. The molecular formula is C14H17Cl2NO. The van der Waals surface area contributed by atoms with Gasteiger partial charge >= 0.3 is 0 Å². The highest BCUT2D eigenvalue weighted by atomic mass is 35.5. The van der Waals surface area contributed by atoms with Crippen molar-refractivity contribution in [2.45, 2.75) is 44.9 Å². The average Bonchev–Trinajstić information content (AvgIpc) is 2.62. The number of nitrogens with one attached hydrogen (secondary N) is 1. The first-order chi connectivity index (χ1) is 8.63. The molecule has 1 heterocycles. The molecule has 4 heteroatoms. The van der Waals surface area contributed by atoms with E-state index in [0.717, 1.165) is 24.1 Å². The van der Waals surface area contributed by atoms with Gasteiger partial charge in [0.05, 0.1) is 16.6 Å². The monoisotopic (exact) mass is 285 g/mol. The molecule has 1 atom stereocenters. The van der Waals surface area contributed by atoms with Crippen LogP contribution in [0.2, 0.25) is 10.0 Å². The van der Waals surface area contributed by atoms with Crippen LogP contribution in [0.4, 0.5) is 5.69 Å². The zero-order valence-corrected chi connectivity index (χ0v) is 11.9. The molecule has 2 rings (SSSR count). The summed E-state index contributed by atoms with van der Waals surface area (Å²) in [6.07, 6.45) is 5.53. The summed E-state index contributed by atoms with van der Waals surface area (Å²) < 4.78 is 0. The van der Waals surface area contributed by atoms with E-state index in [0.29, 0.717) is 10.0 Å². The minimum Gasteiger partial charge on any atom is -0.324 e. The molecule has 1 aromatic carbocycles. The molecule has 1 aliphatic heterocycles. The third kappa shape index (κ3) is 2.81. The predicted octanol–water partition coefficient (Wildman–Crippen LogP) is 5.00. The molecule has 0 bridgehead atoms. The summed E-state index contributed by atoms with van der Waals surface area (Å²) in [5.74, 6) is -0.0429. The van der Waals surface area contributed by atoms with Crippen molar-refractivity contribution < 1.29 is 4.79 Å². The second-order valence-electron chi connectivity index (χ2n) is 4.74. The molecule has 1 unspecified atom stereocenters. The number of hydrogen-bond acceptors (Lipinski definition) is 1. The van der Waals surface area contributed by atoms with E-state index in [1.165, 1.54) is 19.3 Å². The Balaban J connectivity index is 2.12. The Morgan fingerprint density at radius 1 is 1.22 bits per heavy atom. The number of benzene rings is 1. The molecule has 1 N–H and O–H groups in total. The van der Waals surface area contributed by atoms with Gasteiger partial charge in [-0.25, -0.2) is 0 Å². The van der Waals surface area contributed by atoms with Gasteiger partial charge in [-0.05, 0) is 24.1 Å².